The van der Waals surface area contributed by atoms with E-state index >= 15 is 0 Å². The van der Waals surface area contributed by atoms with Gasteiger partial charge >= 0.3 is 0 Å². The Labute approximate surface area is 104 Å². The minimum absolute atomic E-state index is 0.00428. The number of aliphatic hydroxyl groups is 1. The van der Waals surface area contributed by atoms with Gasteiger partial charge in [0.15, 0.2) is 0 Å². The Bertz CT molecular complexity index is 233. The lowest BCUT2D eigenvalue weighted by Crippen LogP contribution is -2.44. The van der Waals surface area contributed by atoms with Crippen LogP contribution in [0.25, 0.3) is 0 Å². The molecular weight excluding hydrogens is 216 g/mol. The number of aliphatic hydroxyl groups excluding tert-OH is 1. The molecule has 4 nitrogen and oxygen atoms in total. The maximum atomic E-state index is 12.0. The van der Waals surface area contributed by atoms with Crippen LogP contribution >= 0.6 is 0 Å². The van der Waals surface area contributed by atoms with Crippen LogP contribution in [0.1, 0.15) is 45.4 Å². The first-order chi connectivity index (χ1) is 8.19. The summed E-state index contributed by atoms with van der Waals surface area (Å²) in [6.07, 6.45) is 5.88. The van der Waals surface area contributed by atoms with E-state index in [4.69, 9.17) is 10.8 Å². The smallest absolute Gasteiger partial charge is 0.224 e. The number of amides is 1. The molecule has 0 spiro atoms. The molecule has 17 heavy (non-hydrogen) atoms. The van der Waals surface area contributed by atoms with Crippen molar-refractivity contribution in [3.63, 3.8) is 0 Å². The molecule has 0 aromatic carbocycles. The van der Waals surface area contributed by atoms with Crippen LogP contribution in [-0.4, -0.2) is 30.2 Å². The van der Waals surface area contributed by atoms with E-state index in [9.17, 15) is 4.79 Å². The van der Waals surface area contributed by atoms with Gasteiger partial charge in [-0.2, -0.15) is 0 Å². The summed E-state index contributed by atoms with van der Waals surface area (Å²) in [6.45, 7) is 2.94. The monoisotopic (exact) mass is 242 g/mol. The Morgan fingerprint density at radius 1 is 1.47 bits per heavy atom. The lowest BCUT2D eigenvalue weighted by Gasteiger charge is -2.28. The molecule has 1 rings (SSSR count). The molecule has 1 fully saturated rings. The normalized spacial score (nSPS) is 26.5. The van der Waals surface area contributed by atoms with Gasteiger partial charge in [0.25, 0.3) is 0 Å². The predicted molar refractivity (Wildman–Crippen MR) is 68.4 cm³/mol. The average Bonchev–Trinajstić information content (AvgIpc) is 2.34. The van der Waals surface area contributed by atoms with E-state index in [1.54, 1.807) is 0 Å². The molecule has 0 bridgehead atoms. The van der Waals surface area contributed by atoms with E-state index < -0.39 is 0 Å². The summed E-state index contributed by atoms with van der Waals surface area (Å²) in [5.41, 5.74) is 5.98. The van der Waals surface area contributed by atoms with Crippen molar-refractivity contribution in [2.45, 2.75) is 51.5 Å². The third kappa shape index (κ3) is 4.64. The van der Waals surface area contributed by atoms with Crippen LogP contribution in [0.15, 0.2) is 0 Å². The Morgan fingerprint density at radius 2 is 2.18 bits per heavy atom. The maximum absolute atomic E-state index is 12.0. The van der Waals surface area contributed by atoms with Gasteiger partial charge in [-0.1, -0.05) is 26.2 Å². The van der Waals surface area contributed by atoms with E-state index in [2.05, 4.69) is 12.2 Å². The molecule has 0 aromatic heterocycles. The third-order valence-electron chi connectivity index (χ3n) is 3.84. The van der Waals surface area contributed by atoms with Gasteiger partial charge in [-0.05, 0) is 25.2 Å². The van der Waals surface area contributed by atoms with Crippen LogP contribution in [0.4, 0.5) is 0 Å². The van der Waals surface area contributed by atoms with Crippen LogP contribution in [0.3, 0.4) is 0 Å². The summed E-state index contributed by atoms with van der Waals surface area (Å²) in [5.74, 6) is 0.479. The van der Waals surface area contributed by atoms with Gasteiger partial charge < -0.3 is 16.2 Å². The lowest BCUT2D eigenvalue weighted by molar-refractivity contribution is -0.126. The predicted octanol–water partition coefficient (Wildman–Crippen LogP) is 1.03. The highest BCUT2D eigenvalue weighted by Gasteiger charge is 2.28. The first-order valence-corrected chi connectivity index (χ1v) is 6.83. The summed E-state index contributed by atoms with van der Waals surface area (Å²) in [7, 11) is 0. The molecule has 3 unspecified atom stereocenters. The molecule has 0 saturated heterocycles. The molecule has 4 N–H and O–H groups in total. The van der Waals surface area contributed by atoms with Crippen molar-refractivity contribution in [2.75, 3.05) is 13.2 Å². The quantitative estimate of drug-likeness (QED) is 0.651. The molecule has 0 aliphatic heterocycles. The Balaban J connectivity index is 2.32. The minimum atomic E-state index is -0.00428. The van der Waals surface area contributed by atoms with Gasteiger partial charge in [0, 0.05) is 19.2 Å². The van der Waals surface area contributed by atoms with Crippen molar-refractivity contribution in [2.24, 2.45) is 17.6 Å². The first-order valence-electron chi connectivity index (χ1n) is 6.83. The highest BCUT2D eigenvalue weighted by molar-refractivity contribution is 5.79. The van der Waals surface area contributed by atoms with Crippen LogP contribution in [0, 0.1) is 11.8 Å². The second-order valence-electron chi connectivity index (χ2n) is 5.09. The van der Waals surface area contributed by atoms with Gasteiger partial charge in [0.05, 0.1) is 5.92 Å². The summed E-state index contributed by atoms with van der Waals surface area (Å²) in [5, 5.41) is 11.9. The van der Waals surface area contributed by atoms with Crippen molar-refractivity contribution in [1.82, 2.24) is 5.32 Å². The molecule has 0 radical (unpaired) electrons. The number of rotatable bonds is 6. The molecule has 4 heteroatoms. The summed E-state index contributed by atoms with van der Waals surface area (Å²) >= 11 is 0. The largest absolute Gasteiger partial charge is 0.396 e. The molecule has 0 aromatic rings. The number of hydrogen-bond acceptors (Lipinski definition) is 3. The average molecular weight is 242 g/mol. The minimum Gasteiger partial charge on any atom is -0.396 e. The van der Waals surface area contributed by atoms with E-state index in [-0.39, 0.29) is 24.5 Å². The van der Waals surface area contributed by atoms with Gasteiger partial charge in [-0.3, -0.25) is 4.79 Å². The van der Waals surface area contributed by atoms with Gasteiger partial charge in [-0.15, -0.1) is 0 Å². The topological polar surface area (TPSA) is 75.3 Å². The van der Waals surface area contributed by atoms with Gasteiger partial charge in [0.2, 0.25) is 5.91 Å². The fraction of sp³-hybridized carbons (Fsp3) is 0.923. The van der Waals surface area contributed by atoms with Crippen LogP contribution in [0.2, 0.25) is 0 Å². The number of carbonyl (C=O) groups is 1. The standard InChI is InChI=1S/C13H26N2O2/c1-2-10(7-8-16)9-15-13(17)11-5-3-4-6-12(11)14/h10-12,16H,2-9,14H2,1H3,(H,15,17). The summed E-state index contributed by atoms with van der Waals surface area (Å²) in [4.78, 5) is 12.0. The number of carbonyl (C=O) groups excluding carboxylic acids is 1. The molecule has 1 amide bonds. The number of nitrogens with one attached hydrogen (secondary N) is 1. The molecule has 0 heterocycles. The highest BCUT2D eigenvalue weighted by atomic mass is 16.3. The first kappa shape index (κ1) is 14.5. The van der Waals surface area contributed by atoms with E-state index in [1.165, 1.54) is 0 Å². The second kappa shape index (κ2) is 7.67. The van der Waals surface area contributed by atoms with Crippen molar-refractivity contribution < 1.29 is 9.90 Å². The van der Waals surface area contributed by atoms with E-state index in [0.717, 1.165) is 38.5 Å². The summed E-state index contributed by atoms with van der Waals surface area (Å²) < 4.78 is 0. The molecular formula is C13H26N2O2. The number of hydrogen-bond donors (Lipinski definition) is 3. The Kier molecular flexibility index (Phi) is 6.52. The van der Waals surface area contributed by atoms with Gasteiger partial charge in [0.1, 0.15) is 0 Å². The zero-order valence-electron chi connectivity index (χ0n) is 10.8. The zero-order valence-corrected chi connectivity index (χ0v) is 10.8. The van der Waals surface area contributed by atoms with Crippen molar-refractivity contribution in [3.05, 3.63) is 0 Å². The third-order valence-corrected chi connectivity index (χ3v) is 3.84. The fourth-order valence-corrected chi connectivity index (χ4v) is 2.49. The maximum Gasteiger partial charge on any atom is 0.224 e. The SMILES string of the molecule is CCC(CCO)CNC(=O)C1CCCCC1N. The molecule has 1 saturated carbocycles. The number of nitrogens with two attached hydrogens (primary N) is 1. The van der Waals surface area contributed by atoms with Gasteiger partial charge in [-0.25, -0.2) is 0 Å². The second-order valence-corrected chi connectivity index (χ2v) is 5.09. The van der Waals surface area contributed by atoms with Crippen LogP contribution in [-0.2, 0) is 4.79 Å². The Morgan fingerprint density at radius 3 is 2.76 bits per heavy atom. The fourth-order valence-electron chi connectivity index (χ4n) is 2.49. The molecule has 1 aliphatic carbocycles. The summed E-state index contributed by atoms with van der Waals surface area (Å²) in [6, 6.07) is 0.0293. The van der Waals surface area contributed by atoms with Crippen molar-refractivity contribution >= 4 is 5.91 Å². The lowest BCUT2D eigenvalue weighted by atomic mass is 9.84. The zero-order chi connectivity index (χ0) is 12.7. The molecule has 100 valence electrons. The van der Waals surface area contributed by atoms with Crippen LogP contribution in [0.5, 0.6) is 0 Å². The van der Waals surface area contributed by atoms with Crippen molar-refractivity contribution in [3.8, 4) is 0 Å². The molecule has 1 aliphatic rings. The highest BCUT2D eigenvalue weighted by Crippen LogP contribution is 2.23. The van der Waals surface area contributed by atoms with E-state index in [1.807, 2.05) is 0 Å². The molecule has 3 atom stereocenters. The van der Waals surface area contributed by atoms with Crippen LogP contribution < -0.4 is 11.1 Å². The Hall–Kier alpha value is -0.610. The van der Waals surface area contributed by atoms with E-state index in [0.29, 0.717) is 12.5 Å². The van der Waals surface area contributed by atoms with Crippen molar-refractivity contribution in [1.29, 1.82) is 0 Å².